The molecule has 1 heterocycles. The molecule has 5 heteroatoms. The van der Waals surface area contributed by atoms with Crippen molar-refractivity contribution in [1.29, 1.82) is 0 Å². The summed E-state index contributed by atoms with van der Waals surface area (Å²) < 4.78 is 43.3. The molecule has 0 saturated carbocycles. The number of benzene rings is 2. The molecule has 28 heavy (non-hydrogen) atoms. The molecule has 1 aliphatic rings. The summed E-state index contributed by atoms with van der Waals surface area (Å²) in [5, 5.41) is 0. The van der Waals surface area contributed by atoms with Crippen LogP contribution < -0.4 is 4.74 Å². The van der Waals surface area contributed by atoms with E-state index in [0.717, 1.165) is 44.5 Å². The lowest BCUT2D eigenvalue weighted by Crippen LogP contribution is -2.41. The van der Waals surface area contributed by atoms with E-state index < -0.39 is 11.7 Å². The first kappa shape index (κ1) is 20.7. The van der Waals surface area contributed by atoms with Gasteiger partial charge in [-0.2, -0.15) is 13.2 Å². The van der Waals surface area contributed by atoms with Crippen LogP contribution in [0.2, 0.25) is 0 Å². The maximum absolute atomic E-state index is 12.6. The number of unbranched alkanes of at least 4 members (excludes halogenated alkanes) is 1. The van der Waals surface area contributed by atoms with Crippen LogP contribution in [0.25, 0.3) is 0 Å². The van der Waals surface area contributed by atoms with Crippen LogP contribution in [0.5, 0.6) is 5.75 Å². The molecule has 2 aromatic rings. The minimum atomic E-state index is -4.30. The third-order valence-corrected chi connectivity index (χ3v) is 5.35. The first-order valence-electron chi connectivity index (χ1n) is 10.1. The van der Waals surface area contributed by atoms with Gasteiger partial charge in [-0.25, -0.2) is 0 Å². The highest BCUT2D eigenvalue weighted by molar-refractivity contribution is 5.28. The highest BCUT2D eigenvalue weighted by Crippen LogP contribution is 2.30. The number of nitrogens with zero attached hydrogens (tertiary/aromatic N) is 1. The molecule has 3 rings (SSSR count). The average molecular weight is 391 g/mol. The lowest BCUT2D eigenvalue weighted by molar-refractivity contribution is -0.137. The Balaban J connectivity index is 1.39. The number of rotatable bonds is 8. The number of halogens is 3. The molecule has 2 nitrogen and oxygen atoms in total. The first-order valence-corrected chi connectivity index (χ1v) is 10.1. The van der Waals surface area contributed by atoms with Gasteiger partial charge >= 0.3 is 6.18 Å². The second-order valence-electron chi connectivity index (χ2n) is 7.45. The van der Waals surface area contributed by atoms with Crippen molar-refractivity contribution >= 4 is 0 Å². The normalized spacial score (nSPS) is 18.2. The van der Waals surface area contributed by atoms with Crippen LogP contribution >= 0.6 is 0 Å². The van der Waals surface area contributed by atoms with Crippen molar-refractivity contribution in [1.82, 2.24) is 4.90 Å². The van der Waals surface area contributed by atoms with E-state index in [2.05, 4.69) is 35.2 Å². The molecule has 1 atom stereocenters. The van der Waals surface area contributed by atoms with E-state index in [4.69, 9.17) is 4.74 Å². The minimum Gasteiger partial charge on any atom is -0.494 e. The zero-order chi connectivity index (χ0) is 19.8. The Kier molecular flexibility index (Phi) is 7.37. The maximum atomic E-state index is 12.6. The summed E-state index contributed by atoms with van der Waals surface area (Å²) in [4.78, 5) is 2.59. The number of hydrogen-bond donors (Lipinski definition) is 0. The number of likely N-dealkylation sites (tertiary alicyclic amines) is 1. The molecule has 0 N–H and O–H groups in total. The third-order valence-electron chi connectivity index (χ3n) is 5.35. The summed E-state index contributed by atoms with van der Waals surface area (Å²) in [6.45, 7) is 2.73. The van der Waals surface area contributed by atoms with E-state index in [1.165, 1.54) is 37.0 Å². The van der Waals surface area contributed by atoms with Gasteiger partial charge in [-0.05, 0) is 75.0 Å². The predicted molar refractivity (Wildman–Crippen MR) is 106 cm³/mol. The van der Waals surface area contributed by atoms with Crippen LogP contribution in [0.1, 0.15) is 43.2 Å². The van der Waals surface area contributed by atoms with Gasteiger partial charge in [0.05, 0.1) is 12.2 Å². The molecule has 1 saturated heterocycles. The molecule has 0 amide bonds. The quantitative estimate of drug-likeness (QED) is 0.515. The molecule has 0 aromatic heterocycles. The second-order valence-corrected chi connectivity index (χ2v) is 7.45. The second kappa shape index (κ2) is 9.97. The summed E-state index contributed by atoms with van der Waals surface area (Å²) in [5.74, 6) is 0.493. The summed E-state index contributed by atoms with van der Waals surface area (Å²) in [6, 6.07) is 16.2. The lowest BCUT2D eigenvalue weighted by atomic mass is 9.95. The van der Waals surface area contributed by atoms with Crippen LogP contribution in [0, 0.1) is 0 Å². The van der Waals surface area contributed by atoms with Crippen LogP contribution in [-0.2, 0) is 12.6 Å². The predicted octanol–water partition coefficient (Wildman–Crippen LogP) is 5.96. The monoisotopic (exact) mass is 391 g/mol. The molecule has 1 unspecified atom stereocenters. The third kappa shape index (κ3) is 6.26. The molecule has 0 radical (unpaired) electrons. The van der Waals surface area contributed by atoms with Crippen molar-refractivity contribution in [3.05, 3.63) is 65.7 Å². The summed E-state index contributed by atoms with van der Waals surface area (Å²) in [7, 11) is 0. The topological polar surface area (TPSA) is 12.5 Å². The summed E-state index contributed by atoms with van der Waals surface area (Å²) in [6.07, 6.45) is 2.53. The van der Waals surface area contributed by atoms with Crippen molar-refractivity contribution in [3.63, 3.8) is 0 Å². The molecule has 152 valence electrons. The van der Waals surface area contributed by atoms with Gasteiger partial charge in [0.15, 0.2) is 0 Å². The standard InChI is InChI=1S/C23H28F3NO/c24-23(25,26)20-11-13-22(14-12-20)28-17-7-6-16-27-15-5-4-10-21(27)18-19-8-2-1-3-9-19/h1-3,8-9,11-14,21H,4-7,10,15-18H2. The van der Waals surface area contributed by atoms with Gasteiger partial charge in [0, 0.05) is 6.04 Å². The zero-order valence-electron chi connectivity index (χ0n) is 16.1. The fourth-order valence-corrected chi connectivity index (χ4v) is 3.82. The molecule has 0 bridgehead atoms. The number of ether oxygens (including phenoxy) is 1. The van der Waals surface area contributed by atoms with Crippen molar-refractivity contribution in [2.24, 2.45) is 0 Å². The fraction of sp³-hybridized carbons (Fsp3) is 0.478. The smallest absolute Gasteiger partial charge is 0.416 e. The minimum absolute atomic E-state index is 0.493. The lowest BCUT2D eigenvalue weighted by Gasteiger charge is -2.36. The Morgan fingerprint density at radius 2 is 1.68 bits per heavy atom. The van der Waals surface area contributed by atoms with Crippen molar-refractivity contribution in [2.45, 2.75) is 50.7 Å². The van der Waals surface area contributed by atoms with Crippen LogP contribution in [0.15, 0.2) is 54.6 Å². The highest BCUT2D eigenvalue weighted by Gasteiger charge is 2.30. The SMILES string of the molecule is FC(F)(F)c1ccc(OCCCCN2CCCCC2Cc2ccccc2)cc1. The van der Waals surface area contributed by atoms with Gasteiger partial charge in [0.2, 0.25) is 0 Å². The van der Waals surface area contributed by atoms with E-state index in [9.17, 15) is 13.2 Å². The van der Waals surface area contributed by atoms with Gasteiger partial charge in [-0.15, -0.1) is 0 Å². The van der Waals surface area contributed by atoms with E-state index in [1.807, 2.05) is 0 Å². The maximum Gasteiger partial charge on any atom is 0.416 e. The average Bonchev–Trinajstić information content (AvgIpc) is 2.69. The van der Waals surface area contributed by atoms with E-state index in [0.29, 0.717) is 18.4 Å². The molecule has 1 aliphatic heterocycles. The molecular formula is C23H28F3NO. The van der Waals surface area contributed by atoms with E-state index in [-0.39, 0.29) is 0 Å². The molecule has 1 fully saturated rings. The summed E-state index contributed by atoms with van der Waals surface area (Å²) in [5.41, 5.74) is 0.749. The van der Waals surface area contributed by atoms with Gasteiger partial charge in [0.1, 0.15) is 5.75 Å². The number of piperidine rings is 1. The molecule has 0 spiro atoms. The van der Waals surface area contributed by atoms with Gasteiger partial charge in [-0.1, -0.05) is 36.8 Å². The van der Waals surface area contributed by atoms with Gasteiger partial charge in [0.25, 0.3) is 0 Å². The van der Waals surface area contributed by atoms with Gasteiger partial charge in [-0.3, -0.25) is 0 Å². The van der Waals surface area contributed by atoms with Crippen LogP contribution in [0.3, 0.4) is 0 Å². The number of hydrogen-bond acceptors (Lipinski definition) is 2. The molecular weight excluding hydrogens is 363 g/mol. The Morgan fingerprint density at radius 1 is 0.929 bits per heavy atom. The van der Waals surface area contributed by atoms with E-state index >= 15 is 0 Å². The Bertz CT molecular complexity index is 700. The fourth-order valence-electron chi connectivity index (χ4n) is 3.82. The van der Waals surface area contributed by atoms with Crippen molar-refractivity contribution < 1.29 is 17.9 Å². The Hall–Kier alpha value is -2.01. The van der Waals surface area contributed by atoms with Gasteiger partial charge < -0.3 is 9.64 Å². The molecule has 2 aromatic carbocycles. The summed E-state index contributed by atoms with van der Waals surface area (Å²) >= 11 is 0. The van der Waals surface area contributed by atoms with Crippen LogP contribution in [-0.4, -0.2) is 30.6 Å². The first-order chi connectivity index (χ1) is 13.5. The Labute approximate surface area is 165 Å². The number of alkyl halides is 3. The van der Waals surface area contributed by atoms with E-state index in [1.54, 1.807) is 0 Å². The zero-order valence-corrected chi connectivity index (χ0v) is 16.1. The largest absolute Gasteiger partial charge is 0.494 e. The Morgan fingerprint density at radius 3 is 2.39 bits per heavy atom. The van der Waals surface area contributed by atoms with Crippen LogP contribution in [0.4, 0.5) is 13.2 Å². The molecule has 0 aliphatic carbocycles. The van der Waals surface area contributed by atoms with Crippen molar-refractivity contribution in [2.75, 3.05) is 19.7 Å². The highest BCUT2D eigenvalue weighted by atomic mass is 19.4. The van der Waals surface area contributed by atoms with Crippen molar-refractivity contribution in [3.8, 4) is 5.75 Å².